The summed E-state index contributed by atoms with van der Waals surface area (Å²) < 4.78 is 17.2. The molecule has 0 saturated carbocycles. The summed E-state index contributed by atoms with van der Waals surface area (Å²) in [6.07, 6.45) is 4.95. The summed E-state index contributed by atoms with van der Waals surface area (Å²) in [5.74, 6) is 1.93. The molecule has 2 heterocycles. The fraction of sp³-hybridized carbons (Fsp3) is 0.750. The molecule has 1 aromatic heterocycles. The predicted octanol–water partition coefficient (Wildman–Crippen LogP) is 3.17. The molecule has 1 atom stereocenters. The monoisotopic (exact) mass is 281 g/mol. The SMILES string of the molecule is CCCNCc1oc(COCC2CCCCO2)cc1C. The zero-order chi connectivity index (χ0) is 14.2. The van der Waals surface area contributed by atoms with E-state index >= 15 is 0 Å². The van der Waals surface area contributed by atoms with E-state index in [2.05, 4.69) is 25.2 Å². The molecule has 1 aliphatic heterocycles. The lowest BCUT2D eigenvalue weighted by Crippen LogP contribution is -2.24. The van der Waals surface area contributed by atoms with Crippen molar-refractivity contribution in [3.05, 3.63) is 23.2 Å². The highest BCUT2D eigenvalue weighted by Gasteiger charge is 2.14. The van der Waals surface area contributed by atoms with Crippen molar-refractivity contribution in [2.75, 3.05) is 19.8 Å². The molecule has 4 nitrogen and oxygen atoms in total. The molecular weight excluding hydrogens is 254 g/mol. The molecule has 1 unspecified atom stereocenters. The van der Waals surface area contributed by atoms with Gasteiger partial charge in [0.1, 0.15) is 18.1 Å². The van der Waals surface area contributed by atoms with Crippen molar-refractivity contribution < 1.29 is 13.9 Å². The van der Waals surface area contributed by atoms with E-state index in [-0.39, 0.29) is 6.10 Å². The highest BCUT2D eigenvalue weighted by molar-refractivity contribution is 5.19. The Morgan fingerprint density at radius 3 is 3.05 bits per heavy atom. The van der Waals surface area contributed by atoms with Crippen molar-refractivity contribution in [3.8, 4) is 0 Å². The third kappa shape index (κ3) is 4.93. The summed E-state index contributed by atoms with van der Waals surface area (Å²) in [5.41, 5.74) is 1.20. The van der Waals surface area contributed by atoms with Crippen LogP contribution in [-0.2, 0) is 22.6 Å². The standard InChI is InChI=1S/C16H27NO3/c1-3-7-17-10-16-13(2)9-15(20-16)12-18-11-14-6-4-5-8-19-14/h9,14,17H,3-8,10-12H2,1-2H3. The number of hydrogen-bond donors (Lipinski definition) is 1. The number of aryl methyl sites for hydroxylation is 1. The first-order valence-electron chi connectivity index (χ1n) is 7.78. The van der Waals surface area contributed by atoms with Gasteiger partial charge in [-0.3, -0.25) is 0 Å². The maximum absolute atomic E-state index is 5.82. The Kier molecular flexibility index (Phi) is 6.57. The lowest BCUT2D eigenvalue weighted by atomic mass is 10.1. The molecule has 4 heteroatoms. The van der Waals surface area contributed by atoms with Crippen LogP contribution in [-0.4, -0.2) is 25.9 Å². The Morgan fingerprint density at radius 1 is 1.40 bits per heavy atom. The maximum Gasteiger partial charge on any atom is 0.130 e. The fourth-order valence-electron chi connectivity index (χ4n) is 2.45. The zero-order valence-electron chi connectivity index (χ0n) is 12.7. The Hall–Kier alpha value is -0.840. The third-order valence-electron chi connectivity index (χ3n) is 3.61. The van der Waals surface area contributed by atoms with Crippen molar-refractivity contribution in [1.82, 2.24) is 5.32 Å². The second-order valence-electron chi connectivity index (χ2n) is 5.50. The molecule has 1 aromatic rings. The smallest absolute Gasteiger partial charge is 0.130 e. The van der Waals surface area contributed by atoms with Crippen LogP contribution in [0.25, 0.3) is 0 Å². The Bertz CT molecular complexity index is 383. The molecule has 1 saturated heterocycles. The number of furan rings is 1. The Labute approximate surface area is 121 Å². The van der Waals surface area contributed by atoms with E-state index in [1.807, 2.05) is 0 Å². The van der Waals surface area contributed by atoms with E-state index < -0.39 is 0 Å². The Morgan fingerprint density at radius 2 is 2.30 bits per heavy atom. The van der Waals surface area contributed by atoms with E-state index in [4.69, 9.17) is 13.9 Å². The van der Waals surface area contributed by atoms with Gasteiger partial charge < -0.3 is 19.2 Å². The minimum Gasteiger partial charge on any atom is -0.462 e. The molecule has 20 heavy (non-hydrogen) atoms. The molecule has 0 aromatic carbocycles. The van der Waals surface area contributed by atoms with Gasteiger partial charge in [-0.1, -0.05) is 6.92 Å². The van der Waals surface area contributed by atoms with Gasteiger partial charge in [-0.2, -0.15) is 0 Å². The first-order valence-corrected chi connectivity index (χ1v) is 7.78. The lowest BCUT2D eigenvalue weighted by molar-refractivity contribution is -0.0473. The highest BCUT2D eigenvalue weighted by Crippen LogP contribution is 2.17. The van der Waals surface area contributed by atoms with Gasteiger partial charge in [0, 0.05) is 6.61 Å². The molecule has 2 rings (SSSR count). The molecule has 1 fully saturated rings. The van der Waals surface area contributed by atoms with Crippen LogP contribution in [0.2, 0.25) is 0 Å². The van der Waals surface area contributed by atoms with Gasteiger partial charge in [0.25, 0.3) is 0 Å². The van der Waals surface area contributed by atoms with Gasteiger partial charge >= 0.3 is 0 Å². The highest BCUT2D eigenvalue weighted by atomic mass is 16.5. The van der Waals surface area contributed by atoms with Crippen LogP contribution in [0.15, 0.2) is 10.5 Å². The van der Waals surface area contributed by atoms with Crippen LogP contribution in [0.5, 0.6) is 0 Å². The molecule has 0 radical (unpaired) electrons. The number of hydrogen-bond acceptors (Lipinski definition) is 4. The van der Waals surface area contributed by atoms with E-state index in [0.717, 1.165) is 44.1 Å². The van der Waals surface area contributed by atoms with E-state index in [0.29, 0.717) is 13.2 Å². The van der Waals surface area contributed by atoms with Gasteiger partial charge in [-0.15, -0.1) is 0 Å². The summed E-state index contributed by atoms with van der Waals surface area (Å²) in [5, 5.41) is 3.36. The average Bonchev–Trinajstić information content (AvgIpc) is 2.81. The number of ether oxygens (including phenoxy) is 2. The fourth-order valence-corrected chi connectivity index (χ4v) is 2.45. The predicted molar refractivity (Wildman–Crippen MR) is 78.7 cm³/mol. The van der Waals surface area contributed by atoms with Gasteiger partial charge in [-0.25, -0.2) is 0 Å². The summed E-state index contributed by atoms with van der Waals surface area (Å²) >= 11 is 0. The molecule has 114 valence electrons. The van der Waals surface area contributed by atoms with Crippen molar-refractivity contribution in [2.45, 2.75) is 58.8 Å². The first-order chi connectivity index (χ1) is 9.79. The molecule has 0 spiro atoms. The van der Waals surface area contributed by atoms with Crippen LogP contribution in [0.3, 0.4) is 0 Å². The molecule has 0 bridgehead atoms. The first kappa shape index (κ1) is 15.5. The normalized spacial score (nSPS) is 19.4. The molecule has 1 aliphatic rings. The molecule has 0 amide bonds. The quantitative estimate of drug-likeness (QED) is 0.743. The summed E-state index contributed by atoms with van der Waals surface area (Å²) in [4.78, 5) is 0. The van der Waals surface area contributed by atoms with E-state index in [1.165, 1.54) is 18.4 Å². The molecule has 1 N–H and O–H groups in total. The van der Waals surface area contributed by atoms with Gasteiger partial charge in [0.2, 0.25) is 0 Å². The van der Waals surface area contributed by atoms with Crippen molar-refractivity contribution in [2.24, 2.45) is 0 Å². The van der Waals surface area contributed by atoms with E-state index in [1.54, 1.807) is 0 Å². The minimum atomic E-state index is 0.269. The van der Waals surface area contributed by atoms with Crippen LogP contribution < -0.4 is 5.32 Å². The molecule has 0 aliphatic carbocycles. The second-order valence-corrected chi connectivity index (χ2v) is 5.50. The van der Waals surface area contributed by atoms with Crippen molar-refractivity contribution in [1.29, 1.82) is 0 Å². The average molecular weight is 281 g/mol. The zero-order valence-corrected chi connectivity index (χ0v) is 12.7. The van der Waals surface area contributed by atoms with Gasteiger partial charge in [0.15, 0.2) is 0 Å². The Balaban J connectivity index is 1.71. The number of rotatable bonds is 8. The van der Waals surface area contributed by atoms with Crippen molar-refractivity contribution >= 4 is 0 Å². The topological polar surface area (TPSA) is 43.6 Å². The number of nitrogens with one attached hydrogen (secondary N) is 1. The molecular formula is C16H27NO3. The van der Waals surface area contributed by atoms with Crippen LogP contribution in [0.1, 0.15) is 49.7 Å². The van der Waals surface area contributed by atoms with Gasteiger partial charge in [0.05, 0.1) is 19.3 Å². The van der Waals surface area contributed by atoms with Gasteiger partial charge in [-0.05, 0) is 50.8 Å². The second kappa shape index (κ2) is 8.45. The van der Waals surface area contributed by atoms with Crippen LogP contribution in [0.4, 0.5) is 0 Å². The maximum atomic E-state index is 5.82. The van der Waals surface area contributed by atoms with E-state index in [9.17, 15) is 0 Å². The third-order valence-corrected chi connectivity index (χ3v) is 3.61. The minimum absolute atomic E-state index is 0.269. The van der Waals surface area contributed by atoms with Crippen molar-refractivity contribution in [3.63, 3.8) is 0 Å². The summed E-state index contributed by atoms with van der Waals surface area (Å²) in [7, 11) is 0. The lowest BCUT2D eigenvalue weighted by Gasteiger charge is -2.22. The van der Waals surface area contributed by atoms with Crippen LogP contribution in [0, 0.1) is 6.92 Å². The summed E-state index contributed by atoms with van der Waals surface area (Å²) in [6.45, 7) is 8.14. The summed E-state index contributed by atoms with van der Waals surface area (Å²) in [6, 6.07) is 2.07. The van der Waals surface area contributed by atoms with Crippen LogP contribution >= 0.6 is 0 Å². The largest absolute Gasteiger partial charge is 0.462 e.